The molecule has 0 saturated carbocycles. The number of nitrogens with one attached hydrogen (secondary N) is 1. The van der Waals surface area contributed by atoms with Crippen molar-refractivity contribution < 1.29 is 10.0 Å². The molecule has 0 fully saturated rings. The molecule has 2 aromatic rings. The van der Waals surface area contributed by atoms with E-state index >= 15 is 0 Å². The zero-order chi connectivity index (χ0) is 14.7. The standard InChI is InChI=1S/C11H11N5O3S/c1-6-2-9(17)7(3-8(6)16(18)19)4-13-15-11-14-10(12)5-20-11/h2-5,17H,12H2,1H3,(H,14,15). The van der Waals surface area contributed by atoms with Crippen LogP contribution in [0.5, 0.6) is 5.75 Å². The van der Waals surface area contributed by atoms with E-state index in [1.165, 1.54) is 29.7 Å². The molecule has 0 unspecified atom stereocenters. The fourth-order valence-corrected chi connectivity index (χ4v) is 2.04. The van der Waals surface area contributed by atoms with E-state index in [2.05, 4.69) is 15.5 Å². The summed E-state index contributed by atoms with van der Waals surface area (Å²) in [5, 5.41) is 26.5. The Morgan fingerprint density at radius 2 is 2.35 bits per heavy atom. The summed E-state index contributed by atoms with van der Waals surface area (Å²) >= 11 is 1.27. The van der Waals surface area contributed by atoms with Gasteiger partial charge in [-0.1, -0.05) is 0 Å². The lowest BCUT2D eigenvalue weighted by atomic mass is 10.1. The number of thiazole rings is 1. The van der Waals surface area contributed by atoms with E-state index in [0.717, 1.165) is 0 Å². The smallest absolute Gasteiger partial charge is 0.273 e. The van der Waals surface area contributed by atoms with Crippen molar-refractivity contribution in [3.05, 3.63) is 38.8 Å². The van der Waals surface area contributed by atoms with Crippen LogP contribution in [0.4, 0.5) is 16.6 Å². The lowest BCUT2D eigenvalue weighted by Crippen LogP contribution is -1.96. The van der Waals surface area contributed by atoms with E-state index < -0.39 is 4.92 Å². The molecule has 104 valence electrons. The molecule has 0 bridgehead atoms. The van der Waals surface area contributed by atoms with Gasteiger partial charge >= 0.3 is 0 Å². The molecule has 0 spiro atoms. The molecule has 8 nitrogen and oxygen atoms in total. The second kappa shape index (κ2) is 5.53. The number of rotatable bonds is 4. The van der Waals surface area contributed by atoms with E-state index in [4.69, 9.17) is 5.73 Å². The summed E-state index contributed by atoms with van der Waals surface area (Å²) in [4.78, 5) is 14.2. The maximum atomic E-state index is 10.8. The van der Waals surface area contributed by atoms with Crippen LogP contribution in [0.2, 0.25) is 0 Å². The molecule has 1 aromatic carbocycles. The summed E-state index contributed by atoms with van der Waals surface area (Å²) in [7, 11) is 0. The first-order valence-corrected chi connectivity index (χ1v) is 6.33. The molecule has 0 aliphatic carbocycles. The molecular formula is C11H11N5O3S. The maximum absolute atomic E-state index is 10.8. The monoisotopic (exact) mass is 293 g/mol. The van der Waals surface area contributed by atoms with Gasteiger partial charge in [-0.05, 0) is 13.0 Å². The van der Waals surface area contributed by atoms with Gasteiger partial charge in [-0.2, -0.15) is 5.10 Å². The SMILES string of the molecule is Cc1cc(O)c(C=NNc2nc(N)cs2)cc1[N+](=O)[O-]. The first kappa shape index (κ1) is 13.7. The number of aromatic hydroxyl groups is 1. The molecule has 20 heavy (non-hydrogen) atoms. The van der Waals surface area contributed by atoms with Gasteiger partial charge in [0.2, 0.25) is 5.13 Å². The summed E-state index contributed by atoms with van der Waals surface area (Å²) in [6.45, 7) is 1.55. The van der Waals surface area contributed by atoms with E-state index in [0.29, 0.717) is 16.5 Å². The zero-order valence-electron chi connectivity index (χ0n) is 10.4. The first-order valence-electron chi connectivity index (χ1n) is 5.45. The minimum Gasteiger partial charge on any atom is -0.507 e. The number of hydrogen-bond donors (Lipinski definition) is 3. The van der Waals surface area contributed by atoms with Crippen molar-refractivity contribution in [2.24, 2.45) is 5.10 Å². The number of nitro groups is 1. The first-order chi connectivity index (χ1) is 9.47. The summed E-state index contributed by atoms with van der Waals surface area (Å²) < 4.78 is 0. The molecule has 4 N–H and O–H groups in total. The second-order valence-electron chi connectivity index (χ2n) is 3.90. The quantitative estimate of drug-likeness (QED) is 0.450. The van der Waals surface area contributed by atoms with Gasteiger partial charge in [0, 0.05) is 22.6 Å². The number of hydrazone groups is 1. The van der Waals surface area contributed by atoms with Gasteiger partial charge in [-0.15, -0.1) is 11.3 Å². The number of benzene rings is 1. The summed E-state index contributed by atoms with van der Waals surface area (Å²) in [5.41, 5.74) is 8.60. The van der Waals surface area contributed by atoms with Gasteiger partial charge in [0.05, 0.1) is 11.1 Å². The van der Waals surface area contributed by atoms with E-state index in [-0.39, 0.29) is 17.0 Å². The Balaban J connectivity index is 2.20. The number of nitrogen functional groups attached to an aromatic ring is 1. The lowest BCUT2D eigenvalue weighted by molar-refractivity contribution is -0.385. The van der Waals surface area contributed by atoms with Crippen LogP contribution in [-0.4, -0.2) is 21.2 Å². The molecule has 1 aromatic heterocycles. The van der Waals surface area contributed by atoms with Crippen LogP contribution >= 0.6 is 11.3 Å². The largest absolute Gasteiger partial charge is 0.507 e. The second-order valence-corrected chi connectivity index (χ2v) is 4.76. The number of aromatic nitrogens is 1. The fourth-order valence-electron chi connectivity index (χ4n) is 1.49. The Kier molecular flexibility index (Phi) is 3.80. The van der Waals surface area contributed by atoms with Gasteiger partial charge in [-0.3, -0.25) is 15.5 Å². The molecule has 0 amide bonds. The topological polar surface area (TPSA) is 127 Å². The van der Waals surface area contributed by atoms with Crippen molar-refractivity contribution in [3.63, 3.8) is 0 Å². The normalized spacial score (nSPS) is 10.8. The van der Waals surface area contributed by atoms with Crippen molar-refractivity contribution >= 4 is 34.2 Å². The van der Waals surface area contributed by atoms with E-state index in [1.807, 2.05) is 0 Å². The molecule has 0 radical (unpaired) electrons. The van der Waals surface area contributed by atoms with Gasteiger partial charge in [0.15, 0.2) is 0 Å². The Morgan fingerprint density at radius 3 is 2.95 bits per heavy atom. The van der Waals surface area contributed by atoms with Crippen LogP contribution in [0.3, 0.4) is 0 Å². The number of phenols is 1. The van der Waals surface area contributed by atoms with Crippen LogP contribution in [0.25, 0.3) is 0 Å². The molecule has 2 rings (SSSR count). The average molecular weight is 293 g/mol. The maximum Gasteiger partial charge on any atom is 0.273 e. The van der Waals surface area contributed by atoms with E-state index in [1.54, 1.807) is 12.3 Å². The number of nitrogens with zero attached hydrogens (tertiary/aromatic N) is 3. The lowest BCUT2D eigenvalue weighted by Gasteiger charge is -2.02. The van der Waals surface area contributed by atoms with Crippen LogP contribution in [0, 0.1) is 17.0 Å². The zero-order valence-corrected chi connectivity index (χ0v) is 11.2. The number of hydrogen-bond acceptors (Lipinski definition) is 8. The molecule has 0 atom stereocenters. The van der Waals surface area contributed by atoms with Crippen molar-refractivity contribution in [3.8, 4) is 5.75 Å². The fraction of sp³-hybridized carbons (Fsp3) is 0.0909. The van der Waals surface area contributed by atoms with Crippen LogP contribution < -0.4 is 11.2 Å². The molecule has 0 aliphatic heterocycles. The average Bonchev–Trinajstić information content (AvgIpc) is 2.77. The molecule has 1 heterocycles. The predicted molar refractivity (Wildman–Crippen MR) is 77.2 cm³/mol. The van der Waals surface area contributed by atoms with Crippen molar-refractivity contribution in [2.75, 3.05) is 11.2 Å². The highest BCUT2D eigenvalue weighted by Gasteiger charge is 2.13. The van der Waals surface area contributed by atoms with E-state index in [9.17, 15) is 15.2 Å². The Hall–Kier alpha value is -2.68. The highest BCUT2D eigenvalue weighted by molar-refractivity contribution is 7.14. The third-order valence-electron chi connectivity index (χ3n) is 2.43. The highest BCUT2D eigenvalue weighted by atomic mass is 32.1. The van der Waals surface area contributed by atoms with Crippen molar-refractivity contribution in [1.29, 1.82) is 0 Å². The summed E-state index contributed by atoms with van der Waals surface area (Å²) in [5.74, 6) is 0.291. The number of nitrogens with two attached hydrogens (primary N) is 1. The Morgan fingerprint density at radius 1 is 1.60 bits per heavy atom. The van der Waals surface area contributed by atoms with Crippen LogP contribution in [-0.2, 0) is 0 Å². The Bertz CT molecular complexity index is 683. The number of aryl methyl sites for hydroxylation is 1. The molecule has 0 aliphatic rings. The summed E-state index contributed by atoms with van der Waals surface area (Å²) in [6, 6.07) is 2.58. The van der Waals surface area contributed by atoms with Crippen LogP contribution in [0.1, 0.15) is 11.1 Å². The highest BCUT2D eigenvalue weighted by Crippen LogP contribution is 2.26. The minimum absolute atomic E-state index is 0.0808. The van der Waals surface area contributed by atoms with Crippen molar-refractivity contribution in [2.45, 2.75) is 6.92 Å². The third kappa shape index (κ3) is 3.01. The summed E-state index contributed by atoms with van der Waals surface area (Å²) in [6.07, 6.45) is 1.28. The minimum atomic E-state index is -0.513. The molecular weight excluding hydrogens is 282 g/mol. The Labute approximate surface area is 117 Å². The number of phenolic OH excluding ortho intramolecular Hbond substituents is 1. The van der Waals surface area contributed by atoms with Gasteiger partial charge in [0.25, 0.3) is 5.69 Å². The molecule has 9 heteroatoms. The third-order valence-corrected chi connectivity index (χ3v) is 3.19. The van der Waals surface area contributed by atoms with Crippen molar-refractivity contribution in [1.82, 2.24) is 4.98 Å². The van der Waals surface area contributed by atoms with Gasteiger partial charge in [0.1, 0.15) is 11.6 Å². The number of anilines is 2. The predicted octanol–water partition coefficient (Wildman–Crippen LogP) is 2.09. The van der Waals surface area contributed by atoms with Crippen LogP contribution in [0.15, 0.2) is 22.6 Å². The molecule has 0 saturated heterocycles. The van der Waals surface area contributed by atoms with Gasteiger partial charge < -0.3 is 10.8 Å². The number of nitro benzene ring substituents is 1. The van der Waals surface area contributed by atoms with Gasteiger partial charge in [-0.25, -0.2) is 4.98 Å².